The van der Waals surface area contributed by atoms with Crippen molar-refractivity contribution < 1.29 is 9.90 Å². The molecule has 96 valence electrons. The van der Waals surface area contributed by atoms with Crippen LogP contribution in [-0.2, 0) is 10.2 Å². The summed E-state index contributed by atoms with van der Waals surface area (Å²) in [4.78, 5) is 11.8. The lowest BCUT2D eigenvalue weighted by molar-refractivity contribution is -0.141. The number of allylic oxidation sites excluding steroid dienone is 1. The van der Waals surface area contributed by atoms with Gasteiger partial charge >= 0.3 is 5.97 Å². The van der Waals surface area contributed by atoms with Crippen LogP contribution in [0.4, 0.5) is 0 Å². The SMILES string of the molecule is C=CCC(C=C)(C(=O)O)c1cccc2ccccc12. The fourth-order valence-corrected chi connectivity index (χ4v) is 2.44. The maximum Gasteiger partial charge on any atom is 0.318 e. The number of carbonyl (C=O) groups is 1. The van der Waals surface area contributed by atoms with Gasteiger partial charge < -0.3 is 5.11 Å². The monoisotopic (exact) mass is 252 g/mol. The summed E-state index contributed by atoms with van der Waals surface area (Å²) in [7, 11) is 0. The Morgan fingerprint density at radius 1 is 1.16 bits per heavy atom. The van der Waals surface area contributed by atoms with E-state index in [4.69, 9.17) is 0 Å². The first kappa shape index (κ1) is 13.1. The van der Waals surface area contributed by atoms with Gasteiger partial charge in [-0.1, -0.05) is 54.6 Å². The van der Waals surface area contributed by atoms with Gasteiger partial charge in [0.05, 0.1) is 0 Å². The molecule has 0 bridgehead atoms. The molecule has 0 spiro atoms. The largest absolute Gasteiger partial charge is 0.480 e. The van der Waals surface area contributed by atoms with Crippen LogP contribution in [0.2, 0.25) is 0 Å². The van der Waals surface area contributed by atoms with Gasteiger partial charge in [-0.3, -0.25) is 4.79 Å². The lowest BCUT2D eigenvalue weighted by Gasteiger charge is -2.26. The first-order valence-corrected chi connectivity index (χ1v) is 6.12. The summed E-state index contributed by atoms with van der Waals surface area (Å²) in [6.45, 7) is 7.40. The highest BCUT2D eigenvalue weighted by Crippen LogP contribution is 2.35. The maximum absolute atomic E-state index is 11.8. The highest BCUT2D eigenvalue weighted by Gasteiger charge is 2.37. The van der Waals surface area contributed by atoms with Crippen molar-refractivity contribution >= 4 is 16.7 Å². The van der Waals surface area contributed by atoms with Gasteiger partial charge in [-0.25, -0.2) is 0 Å². The van der Waals surface area contributed by atoms with Crippen LogP contribution in [0, 0.1) is 0 Å². The van der Waals surface area contributed by atoms with E-state index in [1.807, 2.05) is 42.5 Å². The summed E-state index contributed by atoms with van der Waals surface area (Å²) in [6.07, 6.45) is 3.44. The van der Waals surface area contributed by atoms with E-state index < -0.39 is 11.4 Å². The van der Waals surface area contributed by atoms with E-state index >= 15 is 0 Å². The molecule has 0 heterocycles. The summed E-state index contributed by atoms with van der Waals surface area (Å²) in [5, 5.41) is 11.6. The average molecular weight is 252 g/mol. The Balaban J connectivity index is 2.79. The molecule has 2 aromatic carbocycles. The van der Waals surface area contributed by atoms with Gasteiger partial charge in [-0.15, -0.1) is 13.2 Å². The topological polar surface area (TPSA) is 37.3 Å². The van der Waals surface area contributed by atoms with Gasteiger partial charge in [0.15, 0.2) is 0 Å². The van der Waals surface area contributed by atoms with Crippen molar-refractivity contribution in [1.82, 2.24) is 0 Å². The molecule has 0 aromatic heterocycles. The molecule has 0 aliphatic carbocycles. The quantitative estimate of drug-likeness (QED) is 0.819. The number of carboxylic acid groups (broad SMARTS) is 1. The standard InChI is InChI=1S/C17H16O2/c1-3-12-17(4-2,16(18)19)15-11-7-9-13-8-5-6-10-14(13)15/h3-11H,1-2,12H2,(H,18,19). The number of aliphatic carboxylic acids is 1. The molecule has 0 aliphatic rings. The van der Waals surface area contributed by atoms with Crippen LogP contribution < -0.4 is 0 Å². The van der Waals surface area contributed by atoms with E-state index in [1.54, 1.807) is 6.08 Å². The van der Waals surface area contributed by atoms with E-state index in [0.717, 1.165) is 16.3 Å². The van der Waals surface area contributed by atoms with Crippen LogP contribution in [-0.4, -0.2) is 11.1 Å². The van der Waals surface area contributed by atoms with Crippen LogP contribution >= 0.6 is 0 Å². The highest BCUT2D eigenvalue weighted by molar-refractivity contribution is 5.94. The van der Waals surface area contributed by atoms with Gasteiger partial charge in [0.1, 0.15) is 5.41 Å². The third-order valence-corrected chi connectivity index (χ3v) is 3.47. The lowest BCUT2D eigenvalue weighted by Crippen LogP contribution is -2.33. The number of fused-ring (bicyclic) bond motifs is 1. The predicted molar refractivity (Wildman–Crippen MR) is 78.3 cm³/mol. The number of hydrogen-bond donors (Lipinski definition) is 1. The second kappa shape index (κ2) is 5.11. The number of rotatable bonds is 5. The van der Waals surface area contributed by atoms with Crippen molar-refractivity contribution in [2.75, 3.05) is 0 Å². The Bertz CT molecular complexity index is 637. The highest BCUT2D eigenvalue weighted by atomic mass is 16.4. The van der Waals surface area contributed by atoms with Gasteiger partial charge in [-0.2, -0.15) is 0 Å². The molecule has 2 aromatic rings. The van der Waals surface area contributed by atoms with Crippen molar-refractivity contribution in [3.8, 4) is 0 Å². The molecule has 0 amide bonds. The zero-order valence-electron chi connectivity index (χ0n) is 10.7. The summed E-state index contributed by atoms with van der Waals surface area (Å²) in [5.74, 6) is -0.904. The molecule has 0 aliphatic heterocycles. The van der Waals surface area contributed by atoms with Crippen molar-refractivity contribution in [3.63, 3.8) is 0 Å². The number of benzene rings is 2. The summed E-state index contributed by atoms with van der Waals surface area (Å²) in [5.41, 5.74) is -0.365. The normalized spacial score (nSPS) is 13.7. The maximum atomic E-state index is 11.8. The summed E-state index contributed by atoms with van der Waals surface area (Å²) >= 11 is 0. The van der Waals surface area contributed by atoms with Crippen LogP contribution in [0.3, 0.4) is 0 Å². The second-order valence-corrected chi connectivity index (χ2v) is 4.50. The molecule has 2 rings (SSSR count). The molecular formula is C17H16O2. The first-order valence-electron chi connectivity index (χ1n) is 6.12. The van der Waals surface area contributed by atoms with E-state index in [-0.39, 0.29) is 0 Å². The summed E-state index contributed by atoms with van der Waals surface area (Å²) in [6, 6.07) is 13.5. The molecule has 2 nitrogen and oxygen atoms in total. The smallest absolute Gasteiger partial charge is 0.318 e. The van der Waals surface area contributed by atoms with Gasteiger partial charge in [-0.05, 0) is 22.8 Å². The molecule has 0 fully saturated rings. The molecule has 1 unspecified atom stereocenters. The average Bonchev–Trinajstić information content (AvgIpc) is 2.44. The summed E-state index contributed by atoms with van der Waals surface area (Å²) < 4.78 is 0. The Kier molecular flexibility index (Phi) is 3.52. The van der Waals surface area contributed by atoms with Gasteiger partial charge in [0, 0.05) is 0 Å². The Morgan fingerprint density at radius 2 is 1.84 bits per heavy atom. The van der Waals surface area contributed by atoms with Crippen molar-refractivity contribution in [2.45, 2.75) is 11.8 Å². The third-order valence-electron chi connectivity index (χ3n) is 3.47. The van der Waals surface area contributed by atoms with Crippen LogP contribution in [0.5, 0.6) is 0 Å². The lowest BCUT2D eigenvalue weighted by atomic mass is 9.75. The fraction of sp³-hybridized carbons (Fsp3) is 0.118. The zero-order chi connectivity index (χ0) is 13.9. The van der Waals surface area contributed by atoms with Crippen LogP contribution in [0.1, 0.15) is 12.0 Å². The minimum atomic E-state index is -1.12. The zero-order valence-corrected chi connectivity index (χ0v) is 10.7. The van der Waals surface area contributed by atoms with E-state index in [9.17, 15) is 9.90 Å². The fourth-order valence-electron chi connectivity index (χ4n) is 2.44. The van der Waals surface area contributed by atoms with E-state index in [2.05, 4.69) is 13.2 Å². The minimum Gasteiger partial charge on any atom is -0.480 e. The molecule has 1 atom stereocenters. The van der Waals surface area contributed by atoms with Crippen LogP contribution in [0.15, 0.2) is 67.8 Å². The van der Waals surface area contributed by atoms with E-state index in [1.165, 1.54) is 6.08 Å². The number of hydrogen-bond acceptors (Lipinski definition) is 1. The van der Waals surface area contributed by atoms with Crippen molar-refractivity contribution in [2.24, 2.45) is 0 Å². The Hall–Kier alpha value is -2.35. The first-order chi connectivity index (χ1) is 9.15. The number of carboxylic acids is 1. The van der Waals surface area contributed by atoms with Gasteiger partial charge in [0.2, 0.25) is 0 Å². The minimum absolute atomic E-state index is 0.319. The second-order valence-electron chi connectivity index (χ2n) is 4.50. The Morgan fingerprint density at radius 3 is 2.47 bits per heavy atom. The molecule has 1 N–H and O–H groups in total. The third kappa shape index (κ3) is 2.06. The molecule has 0 saturated heterocycles. The molecule has 0 saturated carbocycles. The van der Waals surface area contributed by atoms with Crippen molar-refractivity contribution in [3.05, 3.63) is 73.3 Å². The van der Waals surface area contributed by atoms with Gasteiger partial charge in [0.25, 0.3) is 0 Å². The molecular weight excluding hydrogens is 236 g/mol. The molecule has 19 heavy (non-hydrogen) atoms. The molecule has 2 heteroatoms. The van der Waals surface area contributed by atoms with Crippen molar-refractivity contribution in [1.29, 1.82) is 0 Å². The van der Waals surface area contributed by atoms with E-state index in [0.29, 0.717) is 6.42 Å². The Labute approximate surface area is 112 Å². The molecule has 0 radical (unpaired) electrons. The van der Waals surface area contributed by atoms with Crippen LogP contribution in [0.25, 0.3) is 10.8 Å². The predicted octanol–water partition coefficient (Wildman–Crippen LogP) is 3.92.